The topological polar surface area (TPSA) is 92.8 Å². The second-order valence-corrected chi connectivity index (χ2v) is 9.05. The lowest BCUT2D eigenvalue weighted by Crippen LogP contribution is -2.38. The monoisotopic (exact) mass is 436 g/mol. The highest BCUT2D eigenvalue weighted by Crippen LogP contribution is 2.25. The van der Waals surface area contributed by atoms with Gasteiger partial charge >= 0.3 is 5.97 Å². The van der Waals surface area contributed by atoms with Crippen LogP contribution in [0.5, 0.6) is 0 Å². The van der Waals surface area contributed by atoms with E-state index in [2.05, 4.69) is 5.32 Å². The summed E-state index contributed by atoms with van der Waals surface area (Å²) in [7, 11) is -2.36. The minimum absolute atomic E-state index is 0.0302. The number of esters is 1. The molecular formula is C23H20N2O5S. The molecule has 0 fully saturated rings. The summed E-state index contributed by atoms with van der Waals surface area (Å²) in [5.41, 5.74) is 2.00. The summed E-state index contributed by atoms with van der Waals surface area (Å²) in [4.78, 5) is 24.9. The largest absolute Gasteiger partial charge is 0.448 e. The zero-order valence-electron chi connectivity index (χ0n) is 16.7. The Hall–Kier alpha value is -3.65. The molecule has 7 nitrogen and oxygen atoms in total. The van der Waals surface area contributed by atoms with Gasteiger partial charge in [-0.2, -0.15) is 0 Å². The maximum Gasteiger partial charge on any atom is 0.339 e. The zero-order valence-corrected chi connectivity index (χ0v) is 17.5. The zero-order chi connectivity index (χ0) is 22.0. The Bertz CT molecular complexity index is 1240. The second kappa shape index (κ2) is 8.23. The number of benzene rings is 3. The van der Waals surface area contributed by atoms with E-state index in [1.54, 1.807) is 66.7 Å². The van der Waals surface area contributed by atoms with Crippen LogP contribution in [-0.4, -0.2) is 33.4 Å². The van der Waals surface area contributed by atoms with Crippen LogP contribution >= 0.6 is 0 Å². The molecule has 1 atom stereocenters. The van der Waals surface area contributed by atoms with Crippen LogP contribution in [0.3, 0.4) is 0 Å². The van der Waals surface area contributed by atoms with Crippen molar-refractivity contribution in [3.63, 3.8) is 0 Å². The summed E-state index contributed by atoms with van der Waals surface area (Å²) < 4.78 is 32.4. The van der Waals surface area contributed by atoms with Crippen molar-refractivity contribution in [3.8, 4) is 0 Å². The Morgan fingerprint density at radius 1 is 1.00 bits per heavy atom. The Morgan fingerprint density at radius 3 is 2.48 bits per heavy atom. The van der Waals surface area contributed by atoms with Crippen LogP contribution in [0.15, 0.2) is 83.8 Å². The highest BCUT2D eigenvalue weighted by atomic mass is 32.2. The SMILES string of the molecule is CN(c1ccccc1)S(=O)(=O)c1cccc(NC(=O)[C@@H]2Cc3ccccc3C(=O)O2)c1. The minimum Gasteiger partial charge on any atom is -0.448 e. The molecule has 3 aromatic carbocycles. The fourth-order valence-corrected chi connectivity index (χ4v) is 4.61. The van der Waals surface area contributed by atoms with E-state index in [1.807, 2.05) is 0 Å². The van der Waals surface area contributed by atoms with Crippen LogP contribution in [0, 0.1) is 0 Å². The number of para-hydroxylation sites is 1. The van der Waals surface area contributed by atoms with E-state index in [4.69, 9.17) is 4.74 Å². The number of nitrogens with zero attached hydrogens (tertiary/aromatic N) is 1. The van der Waals surface area contributed by atoms with Gasteiger partial charge in [-0.05, 0) is 42.0 Å². The Balaban J connectivity index is 1.53. The van der Waals surface area contributed by atoms with E-state index in [9.17, 15) is 18.0 Å². The molecule has 1 aliphatic heterocycles. The summed E-state index contributed by atoms with van der Waals surface area (Å²) in [6.07, 6.45) is -0.739. The predicted molar refractivity (Wildman–Crippen MR) is 116 cm³/mol. The molecule has 3 aromatic rings. The van der Waals surface area contributed by atoms with Crippen molar-refractivity contribution in [2.75, 3.05) is 16.7 Å². The van der Waals surface area contributed by atoms with E-state index in [1.165, 1.54) is 23.5 Å². The molecule has 0 saturated carbocycles. The van der Waals surface area contributed by atoms with Gasteiger partial charge in [-0.15, -0.1) is 0 Å². The molecule has 158 valence electrons. The van der Waals surface area contributed by atoms with Gasteiger partial charge in [-0.1, -0.05) is 42.5 Å². The van der Waals surface area contributed by atoms with Crippen LogP contribution in [-0.2, 0) is 26.0 Å². The number of rotatable bonds is 5. The molecule has 1 amide bonds. The third-order valence-corrected chi connectivity index (χ3v) is 6.85. The summed E-state index contributed by atoms with van der Waals surface area (Å²) in [6.45, 7) is 0. The summed E-state index contributed by atoms with van der Waals surface area (Å²) >= 11 is 0. The molecule has 0 saturated heterocycles. The van der Waals surface area contributed by atoms with Crippen molar-refractivity contribution in [1.82, 2.24) is 0 Å². The summed E-state index contributed by atoms with van der Waals surface area (Å²) in [6, 6.07) is 21.6. The number of ether oxygens (including phenoxy) is 1. The third kappa shape index (κ3) is 4.15. The van der Waals surface area contributed by atoms with E-state index in [0.717, 1.165) is 5.56 Å². The molecule has 0 unspecified atom stereocenters. The van der Waals surface area contributed by atoms with Crippen molar-refractivity contribution in [2.24, 2.45) is 0 Å². The molecule has 1 N–H and O–H groups in total. The number of carbonyl (C=O) groups excluding carboxylic acids is 2. The van der Waals surface area contributed by atoms with Crippen LogP contribution in [0.1, 0.15) is 15.9 Å². The average Bonchev–Trinajstić information content (AvgIpc) is 2.79. The first-order valence-electron chi connectivity index (χ1n) is 9.60. The van der Waals surface area contributed by atoms with Crippen molar-refractivity contribution in [2.45, 2.75) is 17.4 Å². The number of cyclic esters (lactones) is 1. The third-order valence-electron chi connectivity index (χ3n) is 5.06. The van der Waals surface area contributed by atoms with Gasteiger partial charge in [-0.25, -0.2) is 13.2 Å². The molecule has 31 heavy (non-hydrogen) atoms. The molecule has 0 spiro atoms. The molecule has 0 bridgehead atoms. The molecule has 0 aromatic heterocycles. The lowest BCUT2D eigenvalue weighted by molar-refractivity contribution is -0.125. The number of fused-ring (bicyclic) bond motifs is 1. The molecule has 1 heterocycles. The van der Waals surface area contributed by atoms with Gasteiger partial charge in [0.25, 0.3) is 15.9 Å². The van der Waals surface area contributed by atoms with E-state index < -0.39 is 28.0 Å². The first-order chi connectivity index (χ1) is 14.9. The Labute approximate surface area is 180 Å². The second-order valence-electron chi connectivity index (χ2n) is 7.08. The number of hydrogen-bond acceptors (Lipinski definition) is 5. The lowest BCUT2D eigenvalue weighted by Gasteiger charge is -2.24. The first-order valence-corrected chi connectivity index (χ1v) is 11.0. The van der Waals surface area contributed by atoms with Crippen LogP contribution in [0.4, 0.5) is 11.4 Å². The molecule has 1 aliphatic rings. The van der Waals surface area contributed by atoms with Crippen molar-refractivity contribution in [1.29, 1.82) is 0 Å². The van der Waals surface area contributed by atoms with Crippen LogP contribution in [0.2, 0.25) is 0 Å². The quantitative estimate of drug-likeness (QED) is 0.620. The predicted octanol–water partition coefficient (Wildman–Crippen LogP) is 3.23. The van der Waals surface area contributed by atoms with Gasteiger partial charge in [0.05, 0.1) is 16.1 Å². The maximum absolute atomic E-state index is 13.0. The molecular weight excluding hydrogens is 416 g/mol. The molecule has 0 radical (unpaired) electrons. The molecule has 4 rings (SSSR count). The number of carbonyl (C=O) groups is 2. The van der Waals surface area contributed by atoms with E-state index >= 15 is 0 Å². The Morgan fingerprint density at radius 2 is 1.71 bits per heavy atom. The van der Waals surface area contributed by atoms with E-state index in [-0.39, 0.29) is 11.3 Å². The number of amides is 1. The number of hydrogen-bond donors (Lipinski definition) is 1. The van der Waals surface area contributed by atoms with Gasteiger partial charge < -0.3 is 10.1 Å². The van der Waals surface area contributed by atoms with Gasteiger partial charge in [-0.3, -0.25) is 9.10 Å². The van der Waals surface area contributed by atoms with Crippen molar-refractivity contribution < 1.29 is 22.7 Å². The fraction of sp³-hybridized carbons (Fsp3) is 0.130. The fourth-order valence-electron chi connectivity index (χ4n) is 3.37. The van der Waals surface area contributed by atoms with Gasteiger partial charge in [0.2, 0.25) is 0 Å². The normalized spacial score (nSPS) is 15.5. The maximum atomic E-state index is 13.0. The Kier molecular flexibility index (Phi) is 5.48. The number of anilines is 2. The smallest absolute Gasteiger partial charge is 0.339 e. The molecule has 8 heteroatoms. The molecule has 0 aliphatic carbocycles. The van der Waals surface area contributed by atoms with Crippen molar-refractivity contribution in [3.05, 3.63) is 90.0 Å². The lowest BCUT2D eigenvalue weighted by atomic mass is 9.98. The standard InChI is InChI=1S/C23H20N2O5S/c1-25(18-10-3-2-4-11-18)31(28,29)19-12-7-9-17(15-19)24-22(26)21-14-16-8-5-6-13-20(16)23(27)30-21/h2-13,15,21H,14H2,1H3,(H,24,26)/t21-/m0/s1. The summed E-state index contributed by atoms with van der Waals surface area (Å²) in [5.74, 6) is -1.07. The van der Waals surface area contributed by atoms with E-state index in [0.29, 0.717) is 16.9 Å². The average molecular weight is 436 g/mol. The first kappa shape index (κ1) is 20.6. The van der Waals surface area contributed by atoms with Gasteiger partial charge in [0.1, 0.15) is 0 Å². The number of nitrogens with one attached hydrogen (secondary N) is 1. The highest BCUT2D eigenvalue weighted by molar-refractivity contribution is 7.92. The van der Waals surface area contributed by atoms with Crippen LogP contribution < -0.4 is 9.62 Å². The van der Waals surface area contributed by atoms with Gasteiger partial charge in [0, 0.05) is 19.2 Å². The number of sulfonamides is 1. The summed E-state index contributed by atoms with van der Waals surface area (Å²) in [5, 5.41) is 2.66. The van der Waals surface area contributed by atoms with Crippen LogP contribution in [0.25, 0.3) is 0 Å². The van der Waals surface area contributed by atoms with Gasteiger partial charge in [0.15, 0.2) is 6.10 Å². The van der Waals surface area contributed by atoms with Crippen molar-refractivity contribution >= 4 is 33.3 Å². The minimum atomic E-state index is -3.83. The highest BCUT2D eigenvalue weighted by Gasteiger charge is 2.31.